The van der Waals surface area contributed by atoms with Gasteiger partial charge < -0.3 is 10.2 Å². The summed E-state index contributed by atoms with van der Waals surface area (Å²) in [7, 11) is 1.63. The number of hydrogen-bond acceptors (Lipinski definition) is 7. The van der Waals surface area contributed by atoms with Crippen molar-refractivity contribution in [3.8, 4) is 0 Å². The van der Waals surface area contributed by atoms with Crippen LogP contribution < -0.4 is 10.6 Å². The number of urea groups is 1. The third kappa shape index (κ3) is 5.23. The molecule has 0 saturated carbocycles. The molecule has 0 fully saturated rings. The van der Waals surface area contributed by atoms with Gasteiger partial charge >= 0.3 is 6.03 Å². The van der Waals surface area contributed by atoms with Gasteiger partial charge in [0.2, 0.25) is 17.5 Å². The molecule has 0 saturated heterocycles. The van der Waals surface area contributed by atoms with Crippen LogP contribution in [0.15, 0.2) is 23.2 Å². The van der Waals surface area contributed by atoms with Gasteiger partial charge in [0.15, 0.2) is 0 Å². The molecule has 3 amide bonds. The highest BCUT2D eigenvalue weighted by molar-refractivity contribution is 5.98. The molecule has 2 N–H and O–H groups in total. The van der Waals surface area contributed by atoms with Crippen molar-refractivity contribution < 1.29 is 14.2 Å². The Labute approximate surface area is 145 Å². The first-order valence-electron chi connectivity index (χ1n) is 7.68. The van der Waals surface area contributed by atoms with Crippen molar-refractivity contribution in [3.05, 3.63) is 24.3 Å². The van der Waals surface area contributed by atoms with Crippen molar-refractivity contribution >= 4 is 23.6 Å². The van der Waals surface area contributed by atoms with E-state index in [9.17, 15) is 9.59 Å². The van der Waals surface area contributed by atoms with Crippen molar-refractivity contribution in [1.82, 2.24) is 25.2 Å². The van der Waals surface area contributed by atoms with E-state index in [1.807, 2.05) is 0 Å². The van der Waals surface area contributed by atoms with Crippen LogP contribution in [0.3, 0.4) is 0 Å². The minimum Gasteiger partial charge on any atom is -0.327 e. The number of rotatable bonds is 5. The van der Waals surface area contributed by atoms with E-state index in [1.54, 1.807) is 46.4 Å². The normalized spacial score (nSPS) is 11.0. The average molecular weight is 347 g/mol. The highest BCUT2D eigenvalue weighted by Gasteiger charge is 2.25. The highest BCUT2D eigenvalue weighted by Crippen LogP contribution is 2.21. The molecular weight excluding hydrogens is 326 g/mol. The summed E-state index contributed by atoms with van der Waals surface area (Å²) >= 11 is 0. The zero-order chi connectivity index (χ0) is 18.4. The maximum absolute atomic E-state index is 12.2. The monoisotopic (exact) mass is 347 g/mol. The SMILES string of the molecule is CN(CCc1cnccn1)C(=O)Nc1nonc1NC(=O)C(C)(C)C. The summed E-state index contributed by atoms with van der Waals surface area (Å²) in [6, 6.07) is -0.411. The van der Waals surface area contributed by atoms with E-state index >= 15 is 0 Å². The number of nitrogens with zero attached hydrogens (tertiary/aromatic N) is 5. The molecule has 10 heteroatoms. The quantitative estimate of drug-likeness (QED) is 0.840. The number of amides is 3. The van der Waals surface area contributed by atoms with Crippen molar-refractivity contribution in [2.24, 2.45) is 5.41 Å². The minimum absolute atomic E-state index is 0.0500. The van der Waals surface area contributed by atoms with Crippen LogP contribution in [0.5, 0.6) is 0 Å². The molecule has 0 aliphatic rings. The van der Waals surface area contributed by atoms with Gasteiger partial charge in [0.1, 0.15) is 0 Å². The summed E-state index contributed by atoms with van der Waals surface area (Å²) in [5.74, 6) is -0.153. The van der Waals surface area contributed by atoms with Gasteiger partial charge in [0.25, 0.3) is 0 Å². The molecule has 0 aliphatic heterocycles. The van der Waals surface area contributed by atoms with Crippen LogP contribution in [0.1, 0.15) is 26.5 Å². The number of carbonyl (C=O) groups excluding carboxylic acids is 2. The van der Waals surface area contributed by atoms with Gasteiger partial charge in [0.05, 0.1) is 5.69 Å². The molecule has 2 aromatic heterocycles. The molecule has 0 aromatic carbocycles. The topological polar surface area (TPSA) is 126 Å². The predicted molar refractivity (Wildman–Crippen MR) is 89.8 cm³/mol. The van der Waals surface area contributed by atoms with Crippen LogP contribution >= 0.6 is 0 Å². The van der Waals surface area contributed by atoms with Gasteiger partial charge in [-0.15, -0.1) is 0 Å². The number of hydrogen-bond donors (Lipinski definition) is 2. The van der Waals surface area contributed by atoms with E-state index in [0.717, 1.165) is 5.69 Å². The van der Waals surface area contributed by atoms with Crippen LogP contribution in [0.25, 0.3) is 0 Å². The molecule has 0 unspecified atom stereocenters. The molecule has 10 nitrogen and oxygen atoms in total. The predicted octanol–water partition coefficient (Wildman–Crippen LogP) is 1.55. The Morgan fingerprint density at radius 2 is 1.84 bits per heavy atom. The summed E-state index contributed by atoms with van der Waals surface area (Å²) in [6.45, 7) is 5.70. The zero-order valence-corrected chi connectivity index (χ0v) is 14.6. The van der Waals surface area contributed by atoms with Crippen LogP contribution in [-0.2, 0) is 11.2 Å². The third-order valence-electron chi connectivity index (χ3n) is 3.29. The largest absolute Gasteiger partial charge is 0.327 e. The number of aromatic nitrogens is 4. The van der Waals surface area contributed by atoms with Crippen molar-refractivity contribution in [3.63, 3.8) is 0 Å². The van der Waals surface area contributed by atoms with Crippen LogP contribution in [0.2, 0.25) is 0 Å². The van der Waals surface area contributed by atoms with E-state index in [4.69, 9.17) is 0 Å². The molecule has 2 rings (SSSR count). The standard InChI is InChI=1S/C15H21N7O3/c1-15(2,3)13(23)18-11-12(21-25-20-11)19-14(24)22(4)8-5-10-9-16-6-7-17-10/h6-7,9H,5,8H2,1-4H3,(H,18,20,23)(H,19,21,24). The lowest BCUT2D eigenvalue weighted by atomic mass is 9.96. The zero-order valence-electron chi connectivity index (χ0n) is 14.6. The molecule has 0 spiro atoms. The lowest BCUT2D eigenvalue weighted by molar-refractivity contribution is -0.123. The number of carbonyl (C=O) groups is 2. The first kappa shape index (κ1) is 18.3. The average Bonchev–Trinajstić information content (AvgIpc) is 2.99. The first-order valence-corrected chi connectivity index (χ1v) is 7.68. The smallest absolute Gasteiger partial charge is 0.322 e. The second-order valence-electron chi connectivity index (χ2n) is 6.46. The summed E-state index contributed by atoms with van der Waals surface area (Å²) in [5, 5.41) is 12.3. The maximum Gasteiger partial charge on any atom is 0.322 e. The fraction of sp³-hybridized carbons (Fsp3) is 0.467. The number of nitrogens with one attached hydrogen (secondary N) is 2. The first-order chi connectivity index (χ1) is 11.8. The second kappa shape index (κ2) is 7.69. The number of anilines is 2. The maximum atomic E-state index is 12.2. The summed E-state index contributed by atoms with van der Waals surface area (Å²) < 4.78 is 4.60. The fourth-order valence-electron chi connectivity index (χ4n) is 1.69. The summed E-state index contributed by atoms with van der Waals surface area (Å²) in [6.07, 6.45) is 5.39. The highest BCUT2D eigenvalue weighted by atomic mass is 16.6. The van der Waals surface area contributed by atoms with Gasteiger partial charge in [-0.25, -0.2) is 9.42 Å². The minimum atomic E-state index is -0.617. The molecule has 0 atom stereocenters. The van der Waals surface area contributed by atoms with E-state index in [0.29, 0.717) is 13.0 Å². The lowest BCUT2D eigenvalue weighted by Crippen LogP contribution is -2.34. The van der Waals surface area contributed by atoms with Gasteiger partial charge in [-0.05, 0) is 10.3 Å². The van der Waals surface area contributed by atoms with E-state index in [2.05, 4.69) is 35.5 Å². The molecule has 25 heavy (non-hydrogen) atoms. The van der Waals surface area contributed by atoms with Gasteiger partial charge in [-0.3, -0.25) is 20.1 Å². The van der Waals surface area contributed by atoms with Gasteiger partial charge in [0, 0.05) is 44.0 Å². The molecule has 2 heterocycles. The Morgan fingerprint density at radius 3 is 2.44 bits per heavy atom. The van der Waals surface area contributed by atoms with Crippen LogP contribution in [0, 0.1) is 5.41 Å². The van der Waals surface area contributed by atoms with E-state index in [-0.39, 0.29) is 17.5 Å². The number of likely N-dealkylation sites (N-methyl/N-ethyl adjacent to an activating group) is 1. The molecule has 134 valence electrons. The molecule has 0 aliphatic carbocycles. The Morgan fingerprint density at radius 1 is 1.16 bits per heavy atom. The molecule has 0 radical (unpaired) electrons. The van der Waals surface area contributed by atoms with E-state index in [1.165, 1.54) is 4.90 Å². The van der Waals surface area contributed by atoms with E-state index < -0.39 is 11.4 Å². The Balaban J connectivity index is 1.92. The van der Waals surface area contributed by atoms with Crippen molar-refractivity contribution in [2.45, 2.75) is 27.2 Å². The summed E-state index contributed by atoms with van der Waals surface area (Å²) in [4.78, 5) is 33.8. The molecule has 2 aromatic rings. The Hall–Kier alpha value is -3.04. The van der Waals surface area contributed by atoms with Crippen LogP contribution in [-0.4, -0.2) is 50.7 Å². The molecular formula is C15H21N7O3. The second-order valence-corrected chi connectivity index (χ2v) is 6.46. The Kier molecular flexibility index (Phi) is 5.63. The van der Waals surface area contributed by atoms with Crippen molar-refractivity contribution in [2.75, 3.05) is 24.2 Å². The fourth-order valence-corrected chi connectivity index (χ4v) is 1.69. The van der Waals surface area contributed by atoms with Crippen molar-refractivity contribution in [1.29, 1.82) is 0 Å². The summed E-state index contributed by atoms with van der Waals surface area (Å²) in [5.41, 5.74) is 0.164. The van der Waals surface area contributed by atoms with Crippen LogP contribution in [0.4, 0.5) is 16.4 Å². The third-order valence-corrected chi connectivity index (χ3v) is 3.29. The van der Waals surface area contributed by atoms with Gasteiger partial charge in [-0.1, -0.05) is 20.8 Å². The van der Waals surface area contributed by atoms with Gasteiger partial charge in [-0.2, -0.15) is 0 Å². The Bertz CT molecular complexity index is 724. The molecule has 0 bridgehead atoms. The lowest BCUT2D eigenvalue weighted by Gasteiger charge is -2.18.